The summed E-state index contributed by atoms with van der Waals surface area (Å²) in [6.45, 7) is 5.28. The van der Waals surface area contributed by atoms with Crippen LogP contribution < -0.4 is 20.7 Å². The largest absolute Gasteiger partial charge is 0.489 e. The second kappa shape index (κ2) is 14.3. The number of hydrogen-bond acceptors (Lipinski definition) is 3. The second-order valence-corrected chi connectivity index (χ2v) is 6.71. The standard InChI is InChI=1S/C21H32N4O2.HI/c1-3-15-27-19-12-8-7-9-17(19)16-24-21(22-2)23-14-13-20(26)25-18-10-5-4-6-11-18;/h3,7-9,12,18H,1,4-6,10-11,13-16H2,2H3,(H,25,26)(H2,22,23,24);1H. The molecule has 0 aliphatic heterocycles. The van der Waals surface area contributed by atoms with E-state index in [0.29, 0.717) is 38.1 Å². The normalized spacial score (nSPS) is 14.5. The van der Waals surface area contributed by atoms with Crippen molar-refractivity contribution in [1.29, 1.82) is 0 Å². The van der Waals surface area contributed by atoms with Crippen molar-refractivity contribution < 1.29 is 9.53 Å². The van der Waals surface area contributed by atoms with E-state index >= 15 is 0 Å². The van der Waals surface area contributed by atoms with Gasteiger partial charge in [-0.2, -0.15) is 0 Å². The highest BCUT2D eigenvalue weighted by Gasteiger charge is 2.15. The van der Waals surface area contributed by atoms with Gasteiger partial charge in [0.05, 0.1) is 0 Å². The van der Waals surface area contributed by atoms with Gasteiger partial charge < -0.3 is 20.7 Å². The van der Waals surface area contributed by atoms with Gasteiger partial charge in [0.2, 0.25) is 5.91 Å². The third-order valence-electron chi connectivity index (χ3n) is 4.61. The Labute approximate surface area is 185 Å². The molecule has 0 unspecified atom stereocenters. The van der Waals surface area contributed by atoms with Crippen LogP contribution in [0.15, 0.2) is 41.9 Å². The van der Waals surface area contributed by atoms with Gasteiger partial charge in [-0.1, -0.05) is 50.1 Å². The first-order valence-electron chi connectivity index (χ1n) is 9.78. The van der Waals surface area contributed by atoms with Crippen molar-refractivity contribution in [3.8, 4) is 5.75 Å². The van der Waals surface area contributed by atoms with E-state index in [2.05, 4.69) is 27.5 Å². The van der Waals surface area contributed by atoms with Crippen LogP contribution in [0, 0.1) is 0 Å². The van der Waals surface area contributed by atoms with Gasteiger partial charge in [-0.15, -0.1) is 24.0 Å². The summed E-state index contributed by atoms with van der Waals surface area (Å²) in [5.74, 6) is 1.60. The average Bonchev–Trinajstić information content (AvgIpc) is 2.70. The highest BCUT2D eigenvalue weighted by atomic mass is 127. The summed E-state index contributed by atoms with van der Waals surface area (Å²) in [6, 6.07) is 8.22. The van der Waals surface area contributed by atoms with E-state index in [-0.39, 0.29) is 29.9 Å². The number of aliphatic imine (C=N–C) groups is 1. The number of benzene rings is 1. The lowest BCUT2D eigenvalue weighted by Crippen LogP contribution is -2.41. The molecule has 1 saturated carbocycles. The van der Waals surface area contributed by atoms with E-state index in [1.807, 2.05) is 24.3 Å². The highest BCUT2D eigenvalue weighted by molar-refractivity contribution is 14.0. The van der Waals surface area contributed by atoms with Crippen molar-refractivity contribution in [2.75, 3.05) is 20.2 Å². The SMILES string of the molecule is C=CCOc1ccccc1CNC(=NC)NCCC(=O)NC1CCCCC1.I. The molecular formula is C21H33IN4O2. The average molecular weight is 500 g/mol. The molecule has 0 spiro atoms. The molecule has 0 bridgehead atoms. The van der Waals surface area contributed by atoms with Gasteiger partial charge in [0.1, 0.15) is 12.4 Å². The van der Waals surface area contributed by atoms with Crippen molar-refractivity contribution in [3.05, 3.63) is 42.5 Å². The van der Waals surface area contributed by atoms with Crippen LogP contribution in [0.3, 0.4) is 0 Å². The number of rotatable bonds is 9. The fourth-order valence-corrected chi connectivity index (χ4v) is 3.18. The molecule has 28 heavy (non-hydrogen) atoms. The van der Waals surface area contributed by atoms with E-state index in [0.717, 1.165) is 24.2 Å². The Bertz CT molecular complexity index is 631. The number of guanidine groups is 1. The summed E-state index contributed by atoms with van der Waals surface area (Å²) in [5, 5.41) is 9.58. The first-order chi connectivity index (χ1) is 13.2. The maximum absolute atomic E-state index is 12.1. The Morgan fingerprint density at radius 1 is 1.25 bits per heavy atom. The van der Waals surface area contributed by atoms with Gasteiger partial charge in [0, 0.05) is 38.2 Å². The fourth-order valence-electron chi connectivity index (χ4n) is 3.18. The maximum atomic E-state index is 12.1. The molecule has 0 radical (unpaired) electrons. The zero-order chi connectivity index (χ0) is 19.3. The number of amides is 1. The van der Waals surface area contributed by atoms with E-state index in [1.54, 1.807) is 13.1 Å². The quantitative estimate of drug-likeness (QED) is 0.211. The van der Waals surface area contributed by atoms with Gasteiger partial charge in [-0.3, -0.25) is 9.79 Å². The summed E-state index contributed by atoms with van der Waals surface area (Å²) < 4.78 is 5.67. The van der Waals surface area contributed by atoms with Gasteiger partial charge in [0.25, 0.3) is 0 Å². The Balaban J connectivity index is 0.00000392. The monoisotopic (exact) mass is 500 g/mol. The topological polar surface area (TPSA) is 74.8 Å². The molecule has 1 aromatic carbocycles. The molecule has 156 valence electrons. The van der Waals surface area contributed by atoms with Crippen LogP contribution in [0.4, 0.5) is 0 Å². The minimum Gasteiger partial charge on any atom is -0.489 e. The molecule has 1 aliphatic carbocycles. The molecule has 6 nitrogen and oxygen atoms in total. The summed E-state index contributed by atoms with van der Waals surface area (Å²) >= 11 is 0. The van der Waals surface area contributed by atoms with Crippen LogP contribution in [0.1, 0.15) is 44.1 Å². The predicted octanol–water partition coefficient (Wildman–Crippen LogP) is 3.37. The lowest BCUT2D eigenvalue weighted by molar-refractivity contribution is -0.121. The van der Waals surface area contributed by atoms with Crippen molar-refractivity contribution in [3.63, 3.8) is 0 Å². The number of nitrogens with zero attached hydrogens (tertiary/aromatic N) is 1. The lowest BCUT2D eigenvalue weighted by Gasteiger charge is -2.22. The van der Waals surface area contributed by atoms with E-state index in [4.69, 9.17) is 4.74 Å². The van der Waals surface area contributed by atoms with Crippen LogP contribution >= 0.6 is 24.0 Å². The van der Waals surface area contributed by atoms with Crippen LogP contribution in [-0.4, -0.2) is 38.1 Å². The van der Waals surface area contributed by atoms with Crippen LogP contribution in [-0.2, 0) is 11.3 Å². The minimum absolute atomic E-state index is 0. The lowest BCUT2D eigenvalue weighted by atomic mass is 9.95. The van der Waals surface area contributed by atoms with E-state index in [1.165, 1.54) is 19.3 Å². The second-order valence-electron chi connectivity index (χ2n) is 6.71. The van der Waals surface area contributed by atoms with Crippen molar-refractivity contribution in [2.24, 2.45) is 4.99 Å². The number of halogens is 1. The molecule has 7 heteroatoms. The van der Waals surface area contributed by atoms with Crippen molar-refractivity contribution >= 4 is 35.8 Å². The van der Waals surface area contributed by atoms with Gasteiger partial charge in [-0.05, 0) is 18.9 Å². The molecule has 0 aromatic heterocycles. The van der Waals surface area contributed by atoms with E-state index in [9.17, 15) is 4.79 Å². The number of carbonyl (C=O) groups is 1. The summed E-state index contributed by atoms with van der Waals surface area (Å²) in [5.41, 5.74) is 1.04. The molecule has 1 fully saturated rings. The van der Waals surface area contributed by atoms with Crippen molar-refractivity contribution in [2.45, 2.75) is 51.1 Å². The number of ether oxygens (including phenoxy) is 1. The number of nitrogens with one attached hydrogen (secondary N) is 3. The highest BCUT2D eigenvalue weighted by Crippen LogP contribution is 2.18. The van der Waals surface area contributed by atoms with Gasteiger partial charge >= 0.3 is 0 Å². The first kappa shape index (κ1) is 24.3. The minimum atomic E-state index is 0. The van der Waals surface area contributed by atoms with Gasteiger partial charge in [0.15, 0.2) is 5.96 Å². The summed E-state index contributed by atoms with van der Waals surface area (Å²) in [4.78, 5) is 16.3. The molecule has 1 aliphatic rings. The molecular weight excluding hydrogens is 467 g/mol. The molecule has 1 aromatic rings. The van der Waals surface area contributed by atoms with Crippen LogP contribution in [0.5, 0.6) is 5.75 Å². The van der Waals surface area contributed by atoms with Gasteiger partial charge in [-0.25, -0.2) is 0 Å². The third kappa shape index (κ3) is 8.95. The maximum Gasteiger partial charge on any atom is 0.221 e. The molecule has 0 atom stereocenters. The summed E-state index contributed by atoms with van der Waals surface area (Å²) in [6.07, 6.45) is 8.11. The van der Waals surface area contributed by atoms with Crippen molar-refractivity contribution in [1.82, 2.24) is 16.0 Å². The smallest absolute Gasteiger partial charge is 0.221 e. The third-order valence-corrected chi connectivity index (χ3v) is 4.61. The molecule has 0 saturated heterocycles. The number of carbonyl (C=O) groups excluding carboxylic acids is 1. The number of para-hydroxylation sites is 1. The van der Waals surface area contributed by atoms with E-state index < -0.39 is 0 Å². The zero-order valence-electron chi connectivity index (χ0n) is 16.7. The Hall–Kier alpha value is -1.77. The predicted molar refractivity (Wildman–Crippen MR) is 125 cm³/mol. The van der Waals surface area contributed by atoms with Crippen LogP contribution in [0.25, 0.3) is 0 Å². The Kier molecular flexibility index (Phi) is 12.4. The number of hydrogen-bond donors (Lipinski definition) is 3. The molecule has 1 amide bonds. The summed E-state index contributed by atoms with van der Waals surface area (Å²) in [7, 11) is 1.72. The first-order valence-corrected chi connectivity index (χ1v) is 9.78. The zero-order valence-corrected chi connectivity index (χ0v) is 19.0. The fraction of sp³-hybridized carbons (Fsp3) is 0.524. The Morgan fingerprint density at radius 3 is 2.71 bits per heavy atom. The molecule has 0 heterocycles. The molecule has 3 N–H and O–H groups in total. The Morgan fingerprint density at radius 2 is 2.00 bits per heavy atom. The molecule has 2 rings (SSSR count). The van der Waals surface area contributed by atoms with Crippen LogP contribution in [0.2, 0.25) is 0 Å².